The van der Waals surface area contributed by atoms with Crippen LogP contribution < -0.4 is 5.32 Å². The van der Waals surface area contributed by atoms with Gasteiger partial charge in [0.15, 0.2) is 0 Å². The largest absolute Gasteiger partial charge is 0.481 e. The zero-order chi connectivity index (χ0) is 16.2. The van der Waals surface area contributed by atoms with Gasteiger partial charge in [-0.05, 0) is 12.0 Å². The van der Waals surface area contributed by atoms with Crippen LogP contribution in [0.4, 0.5) is 4.79 Å². The summed E-state index contributed by atoms with van der Waals surface area (Å²) in [6.45, 7) is 0.711. The molecule has 3 rings (SSSR count). The molecule has 1 aromatic heterocycles. The van der Waals surface area contributed by atoms with Crippen molar-refractivity contribution in [3.63, 3.8) is 0 Å². The summed E-state index contributed by atoms with van der Waals surface area (Å²) in [4.78, 5) is 29.4. The minimum Gasteiger partial charge on any atom is -0.481 e. The standard InChI is InChI=1S/C16H17N3O3S/c20-15(21)12-6-8-19(10-12)16(22)18-13(14-17-7-9-23-14)11-4-2-1-3-5-11/h1-5,7,9,12-13H,6,8,10H2,(H,18,22)(H,20,21). The Morgan fingerprint density at radius 2 is 2.13 bits per heavy atom. The first-order valence-corrected chi connectivity index (χ1v) is 8.25. The summed E-state index contributed by atoms with van der Waals surface area (Å²) < 4.78 is 0. The van der Waals surface area contributed by atoms with Crippen molar-refractivity contribution in [2.45, 2.75) is 12.5 Å². The Balaban J connectivity index is 1.75. The zero-order valence-corrected chi connectivity index (χ0v) is 13.2. The first-order valence-electron chi connectivity index (χ1n) is 7.37. The lowest BCUT2D eigenvalue weighted by atomic mass is 10.1. The van der Waals surface area contributed by atoms with Crippen LogP contribution in [0.3, 0.4) is 0 Å². The molecule has 2 amide bonds. The van der Waals surface area contributed by atoms with Gasteiger partial charge in [-0.25, -0.2) is 9.78 Å². The van der Waals surface area contributed by atoms with Crippen molar-refractivity contribution in [1.29, 1.82) is 0 Å². The molecular formula is C16H17N3O3S. The van der Waals surface area contributed by atoms with E-state index in [0.717, 1.165) is 10.6 Å². The number of aliphatic carboxylic acids is 1. The first kappa shape index (κ1) is 15.5. The zero-order valence-electron chi connectivity index (χ0n) is 12.4. The Morgan fingerprint density at radius 3 is 2.74 bits per heavy atom. The molecule has 6 nitrogen and oxygen atoms in total. The van der Waals surface area contributed by atoms with E-state index in [1.54, 1.807) is 11.1 Å². The summed E-state index contributed by atoms with van der Waals surface area (Å²) in [6.07, 6.45) is 2.20. The molecule has 7 heteroatoms. The molecule has 2 aromatic rings. The van der Waals surface area contributed by atoms with Gasteiger partial charge in [-0.1, -0.05) is 30.3 Å². The van der Waals surface area contributed by atoms with Crippen LogP contribution in [0, 0.1) is 5.92 Å². The topological polar surface area (TPSA) is 82.5 Å². The number of nitrogens with zero attached hydrogens (tertiary/aromatic N) is 2. The van der Waals surface area contributed by atoms with E-state index in [1.165, 1.54) is 11.3 Å². The van der Waals surface area contributed by atoms with Crippen LogP contribution in [0.2, 0.25) is 0 Å². The predicted molar refractivity (Wildman–Crippen MR) is 86.2 cm³/mol. The fourth-order valence-electron chi connectivity index (χ4n) is 2.67. The molecule has 2 atom stereocenters. The van der Waals surface area contributed by atoms with Crippen LogP contribution >= 0.6 is 11.3 Å². The molecule has 1 aliphatic rings. The normalized spacial score (nSPS) is 18.6. The average Bonchev–Trinajstić information content (AvgIpc) is 3.24. The lowest BCUT2D eigenvalue weighted by Gasteiger charge is -2.22. The lowest BCUT2D eigenvalue weighted by molar-refractivity contribution is -0.141. The van der Waals surface area contributed by atoms with Gasteiger partial charge in [0.2, 0.25) is 0 Å². The fourth-order valence-corrected chi connectivity index (χ4v) is 3.39. The van der Waals surface area contributed by atoms with Gasteiger partial charge < -0.3 is 15.3 Å². The highest BCUT2D eigenvalue weighted by Crippen LogP contribution is 2.25. The molecular weight excluding hydrogens is 314 g/mol. The number of hydrogen-bond donors (Lipinski definition) is 2. The highest BCUT2D eigenvalue weighted by molar-refractivity contribution is 7.09. The molecule has 1 aromatic carbocycles. The third kappa shape index (κ3) is 3.50. The summed E-state index contributed by atoms with van der Waals surface area (Å²) >= 11 is 1.48. The van der Waals surface area contributed by atoms with E-state index in [-0.39, 0.29) is 18.6 Å². The van der Waals surface area contributed by atoms with E-state index in [0.29, 0.717) is 13.0 Å². The molecule has 2 heterocycles. The van der Waals surface area contributed by atoms with Gasteiger partial charge in [0, 0.05) is 24.7 Å². The predicted octanol–water partition coefficient (Wildman–Crippen LogP) is 2.35. The van der Waals surface area contributed by atoms with Gasteiger partial charge in [0.05, 0.1) is 5.92 Å². The van der Waals surface area contributed by atoms with Crippen molar-refractivity contribution in [3.05, 3.63) is 52.5 Å². The number of urea groups is 1. The number of carbonyl (C=O) groups excluding carboxylic acids is 1. The van der Waals surface area contributed by atoms with E-state index in [9.17, 15) is 9.59 Å². The fraction of sp³-hybridized carbons (Fsp3) is 0.312. The average molecular weight is 331 g/mol. The van der Waals surface area contributed by atoms with Gasteiger partial charge in [0.25, 0.3) is 0 Å². The number of thiazole rings is 1. The van der Waals surface area contributed by atoms with Gasteiger partial charge in [-0.3, -0.25) is 4.79 Å². The van der Waals surface area contributed by atoms with Gasteiger partial charge in [-0.15, -0.1) is 11.3 Å². The smallest absolute Gasteiger partial charge is 0.318 e. The highest BCUT2D eigenvalue weighted by Gasteiger charge is 2.32. The quantitative estimate of drug-likeness (QED) is 0.901. The minimum absolute atomic E-state index is 0.251. The number of nitrogens with one attached hydrogen (secondary N) is 1. The molecule has 1 aliphatic heterocycles. The van der Waals surface area contributed by atoms with Crippen LogP contribution in [-0.4, -0.2) is 40.1 Å². The number of carboxylic acid groups (broad SMARTS) is 1. The Labute approximate surface area is 137 Å². The van der Waals surface area contributed by atoms with E-state index in [1.807, 2.05) is 35.7 Å². The summed E-state index contributed by atoms with van der Waals surface area (Å²) in [5.74, 6) is -1.32. The number of carbonyl (C=O) groups is 2. The Bertz CT molecular complexity index is 675. The number of aromatic nitrogens is 1. The summed E-state index contributed by atoms with van der Waals surface area (Å²) in [6, 6.07) is 9.05. The number of hydrogen-bond acceptors (Lipinski definition) is 4. The summed E-state index contributed by atoms with van der Waals surface area (Å²) in [5.41, 5.74) is 0.949. The highest BCUT2D eigenvalue weighted by atomic mass is 32.1. The molecule has 1 saturated heterocycles. The molecule has 0 saturated carbocycles. The van der Waals surface area contributed by atoms with E-state index in [2.05, 4.69) is 10.3 Å². The Morgan fingerprint density at radius 1 is 1.35 bits per heavy atom. The van der Waals surface area contributed by atoms with E-state index < -0.39 is 11.9 Å². The molecule has 0 radical (unpaired) electrons. The van der Waals surface area contributed by atoms with Crippen molar-refractivity contribution in [1.82, 2.24) is 15.2 Å². The van der Waals surface area contributed by atoms with Crippen molar-refractivity contribution in [2.24, 2.45) is 5.92 Å². The number of likely N-dealkylation sites (tertiary alicyclic amines) is 1. The number of amides is 2. The molecule has 2 unspecified atom stereocenters. The maximum atomic E-state index is 12.5. The van der Waals surface area contributed by atoms with Crippen molar-refractivity contribution in [2.75, 3.05) is 13.1 Å². The van der Waals surface area contributed by atoms with Crippen LogP contribution in [0.15, 0.2) is 41.9 Å². The summed E-state index contributed by atoms with van der Waals surface area (Å²) in [7, 11) is 0. The second kappa shape index (κ2) is 6.78. The van der Waals surface area contributed by atoms with Crippen LogP contribution in [-0.2, 0) is 4.79 Å². The number of benzene rings is 1. The van der Waals surface area contributed by atoms with Crippen LogP contribution in [0.25, 0.3) is 0 Å². The summed E-state index contributed by atoms with van der Waals surface area (Å²) in [5, 5.41) is 14.7. The maximum Gasteiger partial charge on any atom is 0.318 e. The third-order valence-corrected chi connectivity index (χ3v) is 4.76. The molecule has 23 heavy (non-hydrogen) atoms. The van der Waals surface area contributed by atoms with Gasteiger partial charge in [-0.2, -0.15) is 0 Å². The van der Waals surface area contributed by atoms with E-state index >= 15 is 0 Å². The molecule has 120 valence electrons. The monoisotopic (exact) mass is 331 g/mol. The molecule has 0 aliphatic carbocycles. The Hall–Kier alpha value is -2.41. The van der Waals surface area contributed by atoms with Gasteiger partial charge >= 0.3 is 12.0 Å². The first-order chi connectivity index (χ1) is 11.1. The third-order valence-electron chi connectivity index (χ3n) is 3.92. The Kier molecular flexibility index (Phi) is 4.57. The number of carboxylic acids is 1. The second-order valence-electron chi connectivity index (χ2n) is 5.43. The number of rotatable bonds is 4. The maximum absolute atomic E-state index is 12.5. The van der Waals surface area contributed by atoms with E-state index in [4.69, 9.17) is 5.11 Å². The SMILES string of the molecule is O=C(O)C1CCN(C(=O)NC(c2ccccc2)c2nccs2)C1. The molecule has 0 bridgehead atoms. The van der Waals surface area contributed by atoms with Crippen molar-refractivity contribution >= 4 is 23.3 Å². The molecule has 2 N–H and O–H groups in total. The molecule has 0 spiro atoms. The molecule has 1 fully saturated rings. The van der Waals surface area contributed by atoms with Gasteiger partial charge in [0.1, 0.15) is 11.0 Å². The van der Waals surface area contributed by atoms with Crippen LogP contribution in [0.1, 0.15) is 23.0 Å². The minimum atomic E-state index is -0.847. The van der Waals surface area contributed by atoms with Crippen molar-refractivity contribution < 1.29 is 14.7 Å². The lowest BCUT2D eigenvalue weighted by Crippen LogP contribution is -2.41. The van der Waals surface area contributed by atoms with Crippen LogP contribution in [0.5, 0.6) is 0 Å². The van der Waals surface area contributed by atoms with Crippen molar-refractivity contribution in [3.8, 4) is 0 Å². The second-order valence-corrected chi connectivity index (χ2v) is 6.36.